The summed E-state index contributed by atoms with van der Waals surface area (Å²) in [5, 5.41) is 2.79. The lowest BCUT2D eigenvalue weighted by molar-refractivity contribution is 0.102. The molecule has 23 heavy (non-hydrogen) atoms. The van der Waals surface area contributed by atoms with E-state index < -0.39 is 11.7 Å². The van der Waals surface area contributed by atoms with Gasteiger partial charge in [-0.25, -0.2) is 4.39 Å². The molecule has 3 aromatic carbocycles. The van der Waals surface area contributed by atoms with Crippen LogP contribution in [0.5, 0.6) is 0 Å². The molecule has 4 heteroatoms. The first-order valence-corrected chi connectivity index (χ1v) is 7.85. The zero-order valence-corrected chi connectivity index (χ0v) is 13.7. The molecule has 0 aliphatic carbocycles. The molecule has 3 rings (SSSR count). The molecule has 0 aliphatic rings. The molecule has 0 atom stereocenters. The Morgan fingerprint density at radius 3 is 2.39 bits per heavy atom. The van der Waals surface area contributed by atoms with Gasteiger partial charge in [0.1, 0.15) is 5.82 Å². The molecule has 2 nitrogen and oxygen atoms in total. The van der Waals surface area contributed by atoms with E-state index in [1.54, 1.807) is 12.1 Å². The highest BCUT2D eigenvalue weighted by molar-refractivity contribution is 9.10. The first-order chi connectivity index (χ1) is 11.1. The molecule has 114 valence electrons. The summed E-state index contributed by atoms with van der Waals surface area (Å²) in [7, 11) is 0. The fourth-order valence-electron chi connectivity index (χ4n) is 2.32. The van der Waals surface area contributed by atoms with Crippen LogP contribution in [0.1, 0.15) is 10.4 Å². The number of halogens is 2. The van der Waals surface area contributed by atoms with E-state index in [9.17, 15) is 9.18 Å². The Labute approximate surface area is 142 Å². The minimum Gasteiger partial charge on any atom is -0.321 e. The van der Waals surface area contributed by atoms with Crippen molar-refractivity contribution >= 4 is 27.5 Å². The van der Waals surface area contributed by atoms with E-state index >= 15 is 0 Å². The molecule has 0 saturated carbocycles. The summed E-state index contributed by atoms with van der Waals surface area (Å²) in [4.78, 5) is 12.4. The van der Waals surface area contributed by atoms with Crippen LogP contribution in [0.2, 0.25) is 0 Å². The fourth-order valence-corrected chi connectivity index (χ4v) is 2.68. The Balaban J connectivity index is 1.95. The molecule has 1 N–H and O–H groups in total. The van der Waals surface area contributed by atoms with Crippen LogP contribution < -0.4 is 5.32 Å². The third-order valence-corrected chi connectivity index (χ3v) is 3.93. The van der Waals surface area contributed by atoms with Gasteiger partial charge in [0.25, 0.3) is 5.91 Å². The number of benzene rings is 3. The van der Waals surface area contributed by atoms with Gasteiger partial charge in [0, 0.05) is 15.7 Å². The summed E-state index contributed by atoms with van der Waals surface area (Å²) in [6.07, 6.45) is 0. The van der Waals surface area contributed by atoms with Gasteiger partial charge in [-0.2, -0.15) is 0 Å². The zero-order chi connectivity index (χ0) is 16.2. The van der Waals surface area contributed by atoms with Crippen molar-refractivity contribution in [1.82, 2.24) is 0 Å². The largest absolute Gasteiger partial charge is 0.321 e. The molecule has 0 spiro atoms. The van der Waals surface area contributed by atoms with Crippen molar-refractivity contribution in [3.8, 4) is 11.1 Å². The second-order valence-electron chi connectivity index (χ2n) is 4.99. The molecular weight excluding hydrogens is 357 g/mol. The Bertz CT molecular complexity index is 849. The summed E-state index contributed by atoms with van der Waals surface area (Å²) in [5.41, 5.74) is 2.51. The standard InChI is InChI=1S/C19H13BrFNO/c20-14-10-11-17(21)16(12-14)19(23)22-18-9-5-4-8-15(18)13-6-2-1-3-7-13/h1-12H,(H,22,23). The summed E-state index contributed by atoms with van der Waals surface area (Å²) in [5.74, 6) is -1.03. The number of hydrogen-bond donors (Lipinski definition) is 1. The van der Waals surface area contributed by atoms with Gasteiger partial charge in [0.15, 0.2) is 0 Å². The Morgan fingerprint density at radius 1 is 0.913 bits per heavy atom. The smallest absolute Gasteiger partial charge is 0.258 e. The Morgan fingerprint density at radius 2 is 1.61 bits per heavy atom. The van der Waals surface area contributed by atoms with Crippen LogP contribution >= 0.6 is 15.9 Å². The second kappa shape index (κ2) is 6.75. The Kier molecular flexibility index (Phi) is 4.53. The summed E-state index contributed by atoms with van der Waals surface area (Å²) < 4.78 is 14.5. The molecule has 0 radical (unpaired) electrons. The lowest BCUT2D eigenvalue weighted by Crippen LogP contribution is -2.14. The normalized spacial score (nSPS) is 10.3. The maximum atomic E-state index is 13.9. The van der Waals surface area contributed by atoms with Gasteiger partial charge in [-0.05, 0) is 29.8 Å². The average Bonchev–Trinajstić information content (AvgIpc) is 2.58. The number of rotatable bonds is 3. The molecule has 0 bridgehead atoms. The number of para-hydroxylation sites is 1. The molecule has 0 fully saturated rings. The summed E-state index contributed by atoms with van der Waals surface area (Å²) in [6, 6.07) is 21.5. The van der Waals surface area contributed by atoms with Crippen LogP contribution in [0.4, 0.5) is 10.1 Å². The molecule has 1 amide bonds. The van der Waals surface area contributed by atoms with Crippen LogP contribution in [0, 0.1) is 5.82 Å². The number of nitrogens with one attached hydrogen (secondary N) is 1. The molecule has 0 heterocycles. The molecule has 0 aliphatic heterocycles. The van der Waals surface area contributed by atoms with Crippen LogP contribution in [0.25, 0.3) is 11.1 Å². The predicted molar refractivity (Wildman–Crippen MR) is 93.9 cm³/mol. The third kappa shape index (κ3) is 3.48. The van der Waals surface area contributed by atoms with Crippen molar-refractivity contribution in [2.75, 3.05) is 5.32 Å². The molecule has 0 unspecified atom stereocenters. The van der Waals surface area contributed by atoms with Crippen LogP contribution in [0.3, 0.4) is 0 Å². The lowest BCUT2D eigenvalue weighted by atomic mass is 10.0. The van der Waals surface area contributed by atoms with Crippen molar-refractivity contribution in [3.05, 3.63) is 88.6 Å². The van der Waals surface area contributed by atoms with Crippen molar-refractivity contribution in [3.63, 3.8) is 0 Å². The van der Waals surface area contributed by atoms with Crippen molar-refractivity contribution in [2.24, 2.45) is 0 Å². The van der Waals surface area contributed by atoms with Crippen LogP contribution in [-0.2, 0) is 0 Å². The summed E-state index contributed by atoms with van der Waals surface area (Å²) in [6.45, 7) is 0. The highest BCUT2D eigenvalue weighted by atomic mass is 79.9. The highest BCUT2D eigenvalue weighted by Gasteiger charge is 2.14. The quantitative estimate of drug-likeness (QED) is 0.647. The van der Waals surface area contributed by atoms with E-state index in [0.717, 1.165) is 11.1 Å². The second-order valence-corrected chi connectivity index (χ2v) is 5.91. The van der Waals surface area contributed by atoms with Gasteiger partial charge in [0.2, 0.25) is 0 Å². The van der Waals surface area contributed by atoms with Crippen LogP contribution in [-0.4, -0.2) is 5.91 Å². The topological polar surface area (TPSA) is 29.1 Å². The number of anilines is 1. The average molecular weight is 370 g/mol. The molecule has 0 saturated heterocycles. The summed E-state index contributed by atoms with van der Waals surface area (Å²) >= 11 is 3.25. The Hall–Kier alpha value is -2.46. The van der Waals surface area contributed by atoms with Gasteiger partial charge < -0.3 is 5.32 Å². The fraction of sp³-hybridized carbons (Fsp3) is 0. The molecule has 3 aromatic rings. The monoisotopic (exact) mass is 369 g/mol. The van der Waals surface area contributed by atoms with E-state index in [2.05, 4.69) is 21.2 Å². The van der Waals surface area contributed by atoms with E-state index in [4.69, 9.17) is 0 Å². The predicted octanol–water partition coefficient (Wildman–Crippen LogP) is 5.51. The van der Waals surface area contributed by atoms with Crippen molar-refractivity contribution in [2.45, 2.75) is 0 Å². The molecule has 0 aromatic heterocycles. The highest BCUT2D eigenvalue weighted by Crippen LogP contribution is 2.28. The maximum absolute atomic E-state index is 13.9. The first kappa shape index (κ1) is 15.4. The van der Waals surface area contributed by atoms with Gasteiger partial charge in [-0.1, -0.05) is 64.5 Å². The molecular formula is C19H13BrFNO. The first-order valence-electron chi connectivity index (χ1n) is 7.06. The van der Waals surface area contributed by atoms with Gasteiger partial charge in [-0.3, -0.25) is 4.79 Å². The third-order valence-electron chi connectivity index (χ3n) is 3.43. The van der Waals surface area contributed by atoms with Gasteiger partial charge >= 0.3 is 0 Å². The van der Waals surface area contributed by atoms with Crippen molar-refractivity contribution < 1.29 is 9.18 Å². The lowest BCUT2D eigenvalue weighted by Gasteiger charge is -2.12. The number of amides is 1. The maximum Gasteiger partial charge on any atom is 0.258 e. The van der Waals surface area contributed by atoms with E-state index in [1.807, 2.05) is 48.5 Å². The van der Waals surface area contributed by atoms with Crippen molar-refractivity contribution in [1.29, 1.82) is 0 Å². The minimum absolute atomic E-state index is 0.00207. The number of carbonyl (C=O) groups is 1. The van der Waals surface area contributed by atoms with E-state index in [0.29, 0.717) is 10.2 Å². The van der Waals surface area contributed by atoms with Gasteiger partial charge in [0.05, 0.1) is 5.56 Å². The number of carbonyl (C=O) groups excluding carboxylic acids is 1. The zero-order valence-electron chi connectivity index (χ0n) is 12.1. The minimum atomic E-state index is -0.553. The van der Waals surface area contributed by atoms with E-state index in [1.165, 1.54) is 12.1 Å². The van der Waals surface area contributed by atoms with Gasteiger partial charge in [-0.15, -0.1) is 0 Å². The van der Waals surface area contributed by atoms with E-state index in [-0.39, 0.29) is 5.56 Å². The van der Waals surface area contributed by atoms with Crippen LogP contribution in [0.15, 0.2) is 77.3 Å². The number of hydrogen-bond acceptors (Lipinski definition) is 1. The SMILES string of the molecule is O=C(Nc1ccccc1-c1ccccc1)c1cc(Br)ccc1F.